The van der Waals surface area contributed by atoms with Gasteiger partial charge in [0.15, 0.2) is 24.4 Å². The fourth-order valence-corrected chi connectivity index (χ4v) is 8.81. The summed E-state index contributed by atoms with van der Waals surface area (Å²) in [6, 6.07) is 11.0. The third kappa shape index (κ3) is 16.9. The second-order valence-corrected chi connectivity index (χ2v) is 21.2. The van der Waals surface area contributed by atoms with Crippen LogP contribution in [0.5, 0.6) is 0 Å². The quantitative estimate of drug-likeness (QED) is 0.148. The minimum Gasteiger partial charge on any atom is -0.451 e. The van der Waals surface area contributed by atoms with Crippen LogP contribution in [0.25, 0.3) is 0 Å². The van der Waals surface area contributed by atoms with Gasteiger partial charge >= 0.3 is 23.9 Å². The summed E-state index contributed by atoms with van der Waals surface area (Å²) in [4.78, 5) is 125. The predicted molar refractivity (Wildman–Crippen MR) is 274 cm³/mol. The molecule has 4 amide bonds. The maximum absolute atomic E-state index is 14.9. The first-order valence-electron chi connectivity index (χ1n) is 25.6. The number of benzene rings is 2. The monoisotopic (exact) mass is 1030 g/mol. The van der Waals surface area contributed by atoms with Crippen molar-refractivity contribution in [2.24, 2.45) is 23.7 Å². The predicted octanol–water partition coefficient (Wildman–Crippen LogP) is 5.30. The van der Waals surface area contributed by atoms with E-state index < -0.39 is 96.1 Å². The number of nitrogens with zero attached hydrogens (tertiary/aromatic N) is 7. The Kier molecular flexibility index (Phi) is 22.3. The van der Waals surface area contributed by atoms with Crippen LogP contribution in [0, 0.1) is 23.7 Å². The zero-order valence-electron chi connectivity index (χ0n) is 45.8. The average Bonchev–Trinajstić information content (AvgIpc) is 3.86. The number of amides is 4. The van der Waals surface area contributed by atoms with E-state index in [1.165, 1.54) is 48.4 Å². The number of likely N-dealkylation sites (N-methyl/N-ethyl adjacent to an activating group) is 4. The molecule has 2 heterocycles. The Morgan fingerprint density at radius 2 is 0.770 bits per heavy atom. The van der Waals surface area contributed by atoms with Gasteiger partial charge in [-0.15, -0.1) is 0 Å². The van der Waals surface area contributed by atoms with Crippen LogP contribution in [-0.4, -0.2) is 159 Å². The Bertz CT molecular complexity index is 2340. The first-order valence-corrected chi connectivity index (χ1v) is 25.6. The highest BCUT2D eigenvalue weighted by molar-refractivity contribution is 5.94. The fourth-order valence-electron chi connectivity index (χ4n) is 8.81. The molecule has 0 saturated carbocycles. The van der Waals surface area contributed by atoms with Crippen molar-refractivity contribution < 1.29 is 57.3 Å². The van der Waals surface area contributed by atoms with Crippen molar-refractivity contribution in [1.82, 2.24) is 34.4 Å². The lowest BCUT2D eigenvalue weighted by Gasteiger charge is -2.35. The van der Waals surface area contributed by atoms with Crippen molar-refractivity contribution >= 4 is 47.5 Å². The molecular weight excluding hydrogens is 951 g/mol. The summed E-state index contributed by atoms with van der Waals surface area (Å²) >= 11 is 0. The number of hydrogen-bond acceptors (Lipinski definition) is 14. The van der Waals surface area contributed by atoms with Crippen LogP contribution in [0.1, 0.15) is 112 Å². The molecule has 0 unspecified atom stereocenters. The van der Waals surface area contributed by atoms with E-state index in [-0.39, 0.29) is 62.2 Å². The lowest BCUT2D eigenvalue weighted by atomic mass is 9.99. The number of aromatic nitrogens is 3. The average molecular weight is 1030 g/mol. The van der Waals surface area contributed by atoms with E-state index >= 15 is 0 Å². The van der Waals surface area contributed by atoms with Gasteiger partial charge in [0.2, 0.25) is 0 Å². The molecule has 1 aliphatic rings. The molecule has 1 aromatic heterocycles. The molecule has 1 saturated heterocycles. The first kappa shape index (κ1) is 59.9. The number of carbonyl (C=O) groups excluding carboxylic acids is 8. The van der Waals surface area contributed by atoms with Gasteiger partial charge < -0.3 is 38.5 Å². The highest BCUT2D eigenvalue weighted by Gasteiger charge is 2.43. The Balaban J connectivity index is 1.85. The van der Waals surface area contributed by atoms with E-state index in [0.717, 1.165) is 25.2 Å². The number of carbonyl (C=O) groups is 8. The summed E-state index contributed by atoms with van der Waals surface area (Å²) in [5.41, 5.74) is 2.13. The maximum Gasteiger partial charge on any atom is 0.329 e. The van der Waals surface area contributed by atoms with Gasteiger partial charge in [0.05, 0.1) is 6.54 Å². The Morgan fingerprint density at radius 1 is 0.446 bits per heavy atom. The van der Waals surface area contributed by atoms with Gasteiger partial charge in [-0.1, -0.05) is 110 Å². The van der Waals surface area contributed by atoms with Crippen LogP contribution in [-0.2, 0) is 76.7 Å². The number of cyclic esters (lactones) is 4. The molecule has 0 radical (unpaired) electrons. The molecule has 19 heteroatoms. The summed E-state index contributed by atoms with van der Waals surface area (Å²) in [7, 11) is 5.55. The summed E-state index contributed by atoms with van der Waals surface area (Å²) in [6.07, 6.45) is -2.79. The van der Waals surface area contributed by atoms with Gasteiger partial charge in [0.1, 0.15) is 36.8 Å². The molecule has 8 atom stereocenters. The van der Waals surface area contributed by atoms with E-state index in [2.05, 4.69) is 10.1 Å². The van der Waals surface area contributed by atoms with Crippen molar-refractivity contribution in [3.05, 3.63) is 83.9 Å². The Labute approximate surface area is 436 Å². The standard InChI is InChI=1S/C55H79N7O12/c1-33(2)24-42-52(67)71-38(10)49(64)59(12)45(27-36(7)8)55(70)74-47(29-40-20-22-41(23-21-40)30-62-32-56-31-57-62)51(66)61(14)43(25-34(3)4)53(68)72-37(9)48(63)58(11)44(26-35(5)6)54(69)73-46(50(65)60(42)13)28-39-18-16-15-17-19-39/h15-23,31-38,42-47H,24-30H2,1-14H3/t37-,38-,42+,43+,44+,45+,46-,47-/m1/s1. The molecule has 19 nitrogen and oxygen atoms in total. The number of hydrogen-bond donors (Lipinski definition) is 0. The van der Waals surface area contributed by atoms with Crippen molar-refractivity contribution in [1.29, 1.82) is 0 Å². The normalized spacial score (nSPS) is 24.1. The largest absolute Gasteiger partial charge is 0.451 e. The highest BCUT2D eigenvalue weighted by Crippen LogP contribution is 2.24. The van der Waals surface area contributed by atoms with Crippen LogP contribution in [0.4, 0.5) is 0 Å². The molecule has 0 spiro atoms. The van der Waals surface area contributed by atoms with Gasteiger partial charge in [0, 0.05) is 41.0 Å². The van der Waals surface area contributed by atoms with Crippen molar-refractivity contribution in [2.75, 3.05) is 28.2 Å². The van der Waals surface area contributed by atoms with E-state index in [1.54, 1.807) is 53.5 Å². The number of ether oxygens (including phenoxy) is 4. The maximum atomic E-state index is 14.9. The van der Waals surface area contributed by atoms with Crippen LogP contribution >= 0.6 is 0 Å². The van der Waals surface area contributed by atoms with Gasteiger partial charge in [-0.05, 0) is 79.9 Å². The zero-order chi connectivity index (χ0) is 55.1. The van der Waals surface area contributed by atoms with Crippen molar-refractivity contribution in [2.45, 2.75) is 163 Å². The van der Waals surface area contributed by atoms with Gasteiger partial charge in [-0.3, -0.25) is 19.2 Å². The lowest BCUT2D eigenvalue weighted by Crippen LogP contribution is -2.55. The zero-order valence-corrected chi connectivity index (χ0v) is 45.8. The van der Waals surface area contributed by atoms with Crippen LogP contribution in [0.15, 0.2) is 67.3 Å². The summed E-state index contributed by atoms with van der Waals surface area (Å²) in [6.45, 7) is 17.9. The second kappa shape index (κ2) is 27.6. The molecule has 1 aliphatic heterocycles. The highest BCUT2D eigenvalue weighted by atomic mass is 16.6. The molecule has 3 aromatic rings. The minimum absolute atomic E-state index is 0.0882. The van der Waals surface area contributed by atoms with E-state index in [0.29, 0.717) is 17.7 Å². The van der Waals surface area contributed by atoms with Gasteiger partial charge in [0.25, 0.3) is 23.6 Å². The van der Waals surface area contributed by atoms with E-state index in [4.69, 9.17) is 18.9 Å². The second-order valence-electron chi connectivity index (χ2n) is 21.2. The third-order valence-electron chi connectivity index (χ3n) is 13.0. The summed E-state index contributed by atoms with van der Waals surface area (Å²) in [5, 5.41) is 4.16. The van der Waals surface area contributed by atoms with E-state index in [1.807, 2.05) is 67.5 Å². The first-order chi connectivity index (χ1) is 34.8. The molecule has 0 N–H and O–H groups in total. The molecule has 4 rings (SSSR count). The molecule has 0 aliphatic carbocycles. The molecule has 406 valence electrons. The molecular formula is C55H79N7O12. The fraction of sp³-hybridized carbons (Fsp3) is 0.600. The molecule has 74 heavy (non-hydrogen) atoms. The minimum atomic E-state index is -1.53. The van der Waals surface area contributed by atoms with Crippen molar-refractivity contribution in [3.8, 4) is 0 Å². The van der Waals surface area contributed by atoms with Crippen LogP contribution in [0.2, 0.25) is 0 Å². The van der Waals surface area contributed by atoms with Crippen LogP contribution in [0.3, 0.4) is 0 Å². The van der Waals surface area contributed by atoms with Crippen molar-refractivity contribution in [3.63, 3.8) is 0 Å². The number of rotatable bonds is 14. The van der Waals surface area contributed by atoms with Gasteiger partial charge in [-0.2, -0.15) is 5.10 Å². The number of esters is 4. The topological polar surface area (TPSA) is 217 Å². The van der Waals surface area contributed by atoms with Crippen LogP contribution < -0.4 is 0 Å². The summed E-state index contributed by atoms with van der Waals surface area (Å²) in [5.74, 6) is -7.31. The molecule has 2 aromatic carbocycles. The lowest BCUT2D eigenvalue weighted by molar-refractivity contribution is -0.176. The third-order valence-corrected chi connectivity index (χ3v) is 13.0. The summed E-state index contributed by atoms with van der Waals surface area (Å²) < 4.78 is 25.6. The smallest absolute Gasteiger partial charge is 0.329 e. The molecule has 0 bridgehead atoms. The SMILES string of the molecule is CC(C)C[C@H]1C(=O)O[C@H](Cc2ccc(Cn3cncn3)cc2)C(=O)N(C)[C@@H](CC(C)C)C(=O)O[C@H](C)C(=O)N(C)[C@@H](CC(C)C)C(=O)O[C@H](Cc2ccccc2)C(=O)N(C)[C@@H](CC(C)C)C(=O)O[C@H](C)C(=O)N1C. The Morgan fingerprint density at radius 3 is 1.11 bits per heavy atom. The molecule has 1 fully saturated rings. The Hall–Kier alpha value is -6.66. The van der Waals surface area contributed by atoms with E-state index in [9.17, 15) is 38.4 Å². The van der Waals surface area contributed by atoms with Gasteiger partial charge in [-0.25, -0.2) is 28.8 Å².